The van der Waals surface area contributed by atoms with Crippen molar-refractivity contribution in [1.29, 1.82) is 0 Å². The van der Waals surface area contributed by atoms with Crippen molar-refractivity contribution in [2.45, 2.75) is 106 Å². The van der Waals surface area contributed by atoms with E-state index in [0.717, 1.165) is 57.8 Å². The quantitative estimate of drug-likeness (QED) is 0.444. The SMILES string of the molecule is C[C@H]1CCC2(C(=O)O)CC[C@@]3(C)C(=CCC4[C@@]5(C)CCC(=O)C(C)(C)C5CC[C@]43C)[C@@H]2C1. The van der Waals surface area contributed by atoms with Gasteiger partial charge in [0.25, 0.3) is 0 Å². The summed E-state index contributed by atoms with van der Waals surface area (Å²) in [7, 11) is 0. The van der Waals surface area contributed by atoms with Gasteiger partial charge < -0.3 is 5.11 Å². The van der Waals surface area contributed by atoms with E-state index in [4.69, 9.17) is 0 Å². The molecule has 0 amide bonds. The second-order valence-corrected chi connectivity index (χ2v) is 13.8. The van der Waals surface area contributed by atoms with Gasteiger partial charge in [0.2, 0.25) is 0 Å². The maximum atomic E-state index is 12.9. The second kappa shape index (κ2) is 6.72. The van der Waals surface area contributed by atoms with Crippen LogP contribution >= 0.6 is 0 Å². The molecule has 3 unspecified atom stereocenters. The number of hydrogen-bond acceptors (Lipinski definition) is 2. The number of rotatable bonds is 1. The molecule has 0 spiro atoms. The Labute approximate surface area is 194 Å². The number of fused-ring (bicyclic) bond motifs is 7. The van der Waals surface area contributed by atoms with Crippen LogP contribution in [0.2, 0.25) is 0 Å². The van der Waals surface area contributed by atoms with Crippen molar-refractivity contribution in [2.75, 3.05) is 0 Å². The first-order valence-corrected chi connectivity index (χ1v) is 13.3. The molecule has 0 aromatic heterocycles. The Balaban J connectivity index is 1.60. The average molecular weight is 441 g/mol. The van der Waals surface area contributed by atoms with Crippen molar-refractivity contribution in [3.63, 3.8) is 0 Å². The highest BCUT2D eigenvalue weighted by Gasteiger charge is 2.68. The number of aliphatic carboxylic acids is 1. The minimum Gasteiger partial charge on any atom is -0.481 e. The van der Waals surface area contributed by atoms with Crippen LogP contribution in [0.3, 0.4) is 0 Å². The predicted molar refractivity (Wildman–Crippen MR) is 127 cm³/mol. The smallest absolute Gasteiger partial charge is 0.310 e. The minimum atomic E-state index is -0.548. The lowest BCUT2D eigenvalue weighted by Crippen LogP contribution is -2.64. The Morgan fingerprint density at radius 2 is 1.69 bits per heavy atom. The number of Topliss-reactive ketones (excluding diaryl/α,β-unsaturated/α-hetero) is 1. The van der Waals surface area contributed by atoms with Gasteiger partial charge in [-0.2, -0.15) is 0 Å². The molecule has 4 saturated carbocycles. The third-order valence-electron chi connectivity index (χ3n) is 12.5. The summed E-state index contributed by atoms with van der Waals surface area (Å²) >= 11 is 0. The van der Waals surface area contributed by atoms with E-state index in [0.29, 0.717) is 23.5 Å². The summed E-state index contributed by atoms with van der Waals surface area (Å²) in [5.41, 5.74) is 1.20. The van der Waals surface area contributed by atoms with Gasteiger partial charge in [-0.3, -0.25) is 9.59 Å². The Kier molecular flexibility index (Phi) is 4.76. The standard InChI is InChI=1S/C29H44O3/c1-18-9-14-29(24(31)32)16-15-27(5)19(20(29)17-18)7-8-22-26(4)12-11-23(30)25(2,3)21(26)10-13-28(22,27)6/h7,18,20-22H,8-17H2,1-6H3,(H,31,32)/t18-,20-,21?,22?,26-,27-,28+,29?/m0/s1. The van der Waals surface area contributed by atoms with E-state index in [1.54, 1.807) is 0 Å². The van der Waals surface area contributed by atoms with E-state index in [1.165, 1.54) is 12.0 Å². The number of hydrogen-bond donors (Lipinski definition) is 1. The lowest BCUT2D eigenvalue weighted by atomic mass is 9.34. The van der Waals surface area contributed by atoms with Gasteiger partial charge in [-0.25, -0.2) is 0 Å². The van der Waals surface area contributed by atoms with E-state index in [1.807, 2.05) is 0 Å². The minimum absolute atomic E-state index is 0.0795. The largest absolute Gasteiger partial charge is 0.481 e. The Morgan fingerprint density at radius 3 is 2.38 bits per heavy atom. The van der Waals surface area contributed by atoms with Crippen molar-refractivity contribution in [2.24, 2.45) is 50.7 Å². The van der Waals surface area contributed by atoms with Gasteiger partial charge in [0.05, 0.1) is 5.41 Å². The molecular weight excluding hydrogens is 396 g/mol. The monoisotopic (exact) mass is 440 g/mol. The van der Waals surface area contributed by atoms with Crippen LogP contribution in [0.1, 0.15) is 106 Å². The first-order valence-electron chi connectivity index (χ1n) is 13.3. The fraction of sp³-hybridized carbons (Fsp3) is 0.862. The van der Waals surface area contributed by atoms with Crippen LogP contribution in [-0.4, -0.2) is 16.9 Å². The summed E-state index contributed by atoms with van der Waals surface area (Å²) in [4.78, 5) is 25.5. The van der Waals surface area contributed by atoms with E-state index in [9.17, 15) is 14.7 Å². The molecule has 0 heterocycles. The molecule has 178 valence electrons. The maximum absolute atomic E-state index is 12.9. The third-order valence-corrected chi connectivity index (χ3v) is 12.5. The number of allylic oxidation sites excluding steroid dienone is 2. The number of carboxylic acid groups (broad SMARTS) is 1. The van der Waals surface area contributed by atoms with E-state index < -0.39 is 11.4 Å². The molecular formula is C29H44O3. The average Bonchev–Trinajstić information content (AvgIpc) is 2.71. The van der Waals surface area contributed by atoms with E-state index >= 15 is 0 Å². The number of carbonyl (C=O) groups excluding carboxylic acids is 1. The molecule has 3 heteroatoms. The van der Waals surface area contributed by atoms with Crippen molar-refractivity contribution < 1.29 is 14.7 Å². The molecule has 0 radical (unpaired) electrons. The topological polar surface area (TPSA) is 54.4 Å². The van der Waals surface area contributed by atoms with Gasteiger partial charge in [-0.15, -0.1) is 0 Å². The van der Waals surface area contributed by atoms with Crippen LogP contribution < -0.4 is 0 Å². The summed E-state index contributed by atoms with van der Waals surface area (Å²) in [6.07, 6.45) is 12.4. The summed E-state index contributed by atoms with van der Waals surface area (Å²) in [5, 5.41) is 10.4. The summed E-state index contributed by atoms with van der Waals surface area (Å²) < 4.78 is 0. The van der Waals surface area contributed by atoms with Gasteiger partial charge in [0, 0.05) is 11.8 Å². The lowest BCUT2D eigenvalue weighted by molar-refractivity contribution is -0.188. The van der Waals surface area contributed by atoms with Crippen LogP contribution in [0.25, 0.3) is 0 Å². The molecule has 32 heavy (non-hydrogen) atoms. The van der Waals surface area contributed by atoms with Crippen LogP contribution in [0.4, 0.5) is 0 Å². The van der Waals surface area contributed by atoms with Gasteiger partial charge in [-0.05, 0) is 97.7 Å². The van der Waals surface area contributed by atoms with Gasteiger partial charge in [0.15, 0.2) is 0 Å². The van der Waals surface area contributed by atoms with Crippen LogP contribution in [0.15, 0.2) is 11.6 Å². The van der Waals surface area contributed by atoms with Crippen molar-refractivity contribution in [1.82, 2.24) is 0 Å². The highest BCUT2D eigenvalue weighted by Crippen LogP contribution is 2.75. The van der Waals surface area contributed by atoms with Crippen molar-refractivity contribution >= 4 is 11.8 Å². The highest BCUT2D eigenvalue weighted by atomic mass is 16.4. The van der Waals surface area contributed by atoms with Gasteiger partial charge in [0.1, 0.15) is 5.78 Å². The summed E-state index contributed by atoms with van der Waals surface area (Å²) in [5.74, 6) is 1.77. The van der Waals surface area contributed by atoms with Crippen LogP contribution in [-0.2, 0) is 9.59 Å². The van der Waals surface area contributed by atoms with Crippen LogP contribution in [0, 0.1) is 50.7 Å². The zero-order valence-electron chi connectivity index (χ0n) is 21.2. The first kappa shape index (κ1) is 22.7. The molecule has 5 rings (SSSR count). The molecule has 0 saturated heterocycles. The molecule has 1 N–H and O–H groups in total. The number of carboxylic acids is 1. The Bertz CT molecular complexity index is 885. The fourth-order valence-electron chi connectivity index (χ4n) is 10.3. The van der Waals surface area contributed by atoms with Crippen molar-refractivity contribution in [3.05, 3.63) is 11.6 Å². The molecule has 8 atom stereocenters. The third kappa shape index (κ3) is 2.55. The Hall–Kier alpha value is -1.12. The number of carbonyl (C=O) groups is 2. The molecule has 3 nitrogen and oxygen atoms in total. The fourth-order valence-corrected chi connectivity index (χ4v) is 10.3. The van der Waals surface area contributed by atoms with Crippen LogP contribution in [0.5, 0.6) is 0 Å². The lowest BCUT2D eigenvalue weighted by Gasteiger charge is -2.70. The zero-order valence-corrected chi connectivity index (χ0v) is 21.2. The maximum Gasteiger partial charge on any atom is 0.310 e. The summed E-state index contributed by atoms with van der Waals surface area (Å²) in [6.45, 7) is 14.3. The van der Waals surface area contributed by atoms with E-state index in [2.05, 4.69) is 47.6 Å². The first-order chi connectivity index (χ1) is 14.8. The molecule has 4 fully saturated rings. The summed E-state index contributed by atoms with van der Waals surface area (Å²) in [6, 6.07) is 0. The molecule has 0 aromatic carbocycles. The molecule has 5 aliphatic carbocycles. The second-order valence-electron chi connectivity index (χ2n) is 13.8. The van der Waals surface area contributed by atoms with Gasteiger partial charge in [-0.1, -0.05) is 53.2 Å². The van der Waals surface area contributed by atoms with E-state index in [-0.39, 0.29) is 27.6 Å². The highest BCUT2D eigenvalue weighted by molar-refractivity contribution is 5.85. The molecule has 0 aromatic rings. The predicted octanol–water partition coefficient (Wildman–Crippen LogP) is 7.05. The normalized spacial score (nSPS) is 52.1. The van der Waals surface area contributed by atoms with Crippen molar-refractivity contribution in [3.8, 4) is 0 Å². The molecule has 0 aliphatic heterocycles. The Morgan fingerprint density at radius 1 is 0.969 bits per heavy atom. The number of ketones is 1. The zero-order chi connectivity index (χ0) is 23.3. The molecule has 5 aliphatic rings. The van der Waals surface area contributed by atoms with Gasteiger partial charge >= 0.3 is 5.97 Å². The molecule has 0 bridgehead atoms.